The van der Waals surface area contributed by atoms with Crippen LogP contribution in [0.5, 0.6) is 0 Å². The monoisotopic (exact) mass is 336 g/mol. The molecule has 0 aliphatic heterocycles. The number of hydrogen-bond donors (Lipinski definition) is 1. The van der Waals surface area contributed by atoms with Crippen LogP contribution in [0.4, 0.5) is 0 Å². The van der Waals surface area contributed by atoms with Gasteiger partial charge in [-0.1, -0.05) is 26.0 Å². The molecule has 0 saturated heterocycles. The minimum Gasteiger partial charge on any atom is -0.391 e. The van der Waals surface area contributed by atoms with Crippen LogP contribution in [0.3, 0.4) is 0 Å². The highest BCUT2D eigenvalue weighted by atomic mass is 32.2. The third kappa shape index (κ3) is 8.26. The molecule has 4 nitrogen and oxygen atoms in total. The summed E-state index contributed by atoms with van der Waals surface area (Å²) in [7, 11) is -0.701. The molecular weight excluding hydrogens is 308 g/mol. The molecular formula is C18H28N2O2S. The number of benzene rings is 1. The Hall–Kier alpha value is -1.22. The predicted octanol–water partition coefficient (Wildman–Crippen LogP) is 2.33. The van der Waals surface area contributed by atoms with Crippen molar-refractivity contribution in [2.75, 3.05) is 31.1 Å². The van der Waals surface area contributed by atoms with Crippen LogP contribution in [-0.2, 0) is 17.2 Å². The zero-order chi connectivity index (χ0) is 17.1. The number of likely N-dealkylation sites (N-methyl/N-ethyl adjacent to an activating group) is 1. The molecule has 0 fully saturated rings. The van der Waals surface area contributed by atoms with E-state index in [4.69, 9.17) is 5.26 Å². The van der Waals surface area contributed by atoms with Crippen molar-refractivity contribution in [2.45, 2.75) is 39.2 Å². The quantitative estimate of drug-likeness (QED) is 0.673. The summed E-state index contributed by atoms with van der Waals surface area (Å²) in [4.78, 5) is 2.21. The molecule has 0 aliphatic rings. The smallest absolute Gasteiger partial charge is 0.0991 e. The van der Waals surface area contributed by atoms with Gasteiger partial charge in [0.15, 0.2) is 0 Å². The highest BCUT2D eigenvalue weighted by molar-refractivity contribution is 7.84. The van der Waals surface area contributed by atoms with E-state index < -0.39 is 16.9 Å². The Morgan fingerprint density at radius 3 is 2.52 bits per heavy atom. The largest absolute Gasteiger partial charge is 0.391 e. The van der Waals surface area contributed by atoms with Gasteiger partial charge >= 0.3 is 0 Å². The molecule has 0 aliphatic carbocycles. The van der Waals surface area contributed by atoms with E-state index in [1.165, 1.54) is 0 Å². The highest BCUT2D eigenvalue weighted by Crippen LogP contribution is 2.08. The Labute approximate surface area is 142 Å². The molecule has 0 heterocycles. The van der Waals surface area contributed by atoms with Crippen LogP contribution < -0.4 is 0 Å². The van der Waals surface area contributed by atoms with Gasteiger partial charge in [0.05, 0.1) is 17.7 Å². The summed E-state index contributed by atoms with van der Waals surface area (Å²) < 4.78 is 11.6. The molecule has 1 rings (SSSR count). The summed E-state index contributed by atoms with van der Waals surface area (Å²) in [5.41, 5.74) is 1.68. The fourth-order valence-corrected chi connectivity index (χ4v) is 3.62. The third-order valence-corrected chi connectivity index (χ3v) is 5.36. The molecule has 0 saturated carbocycles. The first-order chi connectivity index (χ1) is 11.1. The second-order valence-electron chi connectivity index (χ2n) is 5.76. The predicted molar refractivity (Wildman–Crippen MR) is 95.8 cm³/mol. The van der Waals surface area contributed by atoms with Crippen LogP contribution in [0.15, 0.2) is 24.3 Å². The van der Waals surface area contributed by atoms with Crippen molar-refractivity contribution in [2.24, 2.45) is 0 Å². The first kappa shape index (κ1) is 19.8. The maximum atomic E-state index is 11.6. The first-order valence-electron chi connectivity index (χ1n) is 8.33. The molecule has 0 amide bonds. The highest BCUT2D eigenvalue weighted by Gasteiger charge is 2.11. The van der Waals surface area contributed by atoms with E-state index >= 15 is 0 Å². The lowest BCUT2D eigenvalue weighted by atomic mass is 10.1. The van der Waals surface area contributed by atoms with Crippen molar-refractivity contribution in [3.63, 3.8) is 0 Å². The van der Waals surface area contributed by atoms with Crippen LogP contribution in [0.25, 0.3) is 0 Å². The number of hydrogen-bond acceptors (Lipinski definition) is 4. The molecule has 0 spiro atoms. The maximum absolute atomic E-state index is 11.6. The summed E-state index contributed by atoms with van der Waals surface area (Å²) in [5, 5.41) is 19.0. The van der Waals surface area contributed by atoms with Gasteiger partial charge in [0.2, 0.25) is 0 Å². The van der Waals surface area contributed by atoms with Gasteiger partial charge in [-0.2, -0.15) is 5.26 Å². The summed E-state index contributed by atoms with van der Waals surface area (Å²) in [6.07, 6.45) is 2.03. The second-order valence-corrected chi connectivity index (χ2v) is 7.46. The number of nitriles is 1. The van der Waals surface area contributed by atoms with Gasteiger partial charge in [-0.25, -0.2) is 0 Å². The minimum atomic E-state index is -0.701. The number of aliphatic hydroxyl groups excluding tert-OH is 1. The van der Waals surface area contributed by atoms with Gasteiger partial charge in [0.1, 0.15) is 0 Å². The molecule has 2 atom stereocenters. The van der Waals surface area contributed by atoms with Crippen molar-refractivity contribution in [3.05, 3.63) is 35.4 Å². The van der Waals surface area contributed by atoms with Crippen LogP contribution in [0, 0.1) is 11.3 Å². The maximum Gasteiger partial charge on any atom is 0.0991 e. The molecule has 0 aromatic heterocycles. The van der Waals surface area contributed by atoms with Crippen LogP contribution in [0.2, 0.25) is 0 Å². The van der Waals surface area contributed by atoms with E-state index in [1.807, 2.05) is 12.1 Å². The third-order valence-electron chi connectivity index (χ3n) is 3.75. The Morgan fingerprint density at radius 1 is 1.26 bits per heavy atom. The molecule has 1 aromatic rings. The van der Waals surface area contributed by atoms with Gasteiger partial charge in [-0.05, 0) is 50.0 Å². The summed E-state index contributed by atoms with van der Waals surface area (Å²) in [6, 6.07) is 9.44. The van der Waals surface area contributed by atoms with E-state index in [9.17, 15) is 9.32 Å². The molecule has 5 heteroatoms. The lowest BCUT2D eigenvalue weighted by Crippen LogP contribution is -2.34. The number of aliphatic hydroxyl groups is 1. The summed E-state index contributed by atoms with van der Waals surface area (Å²) >= 11 is 0. The molecule has 128 valence electrons. The number of rotatable bonds is 11. The summed E-state index contributed by atoms with van der Waals surface area (Å²) in [6.45, 7) is 6.51. The number of nitrogens with zero attached hydrogens (tertiary/aromatic N) is 2. The van der Waals surface area contributed by atoms with Crippen molar-refractivity contribution >= 4 is 10.8 Å². The van der Waals surface area contributed by atoms with E-state index in [-0.39, 0.29) is 0 Å². The molecule has 23 heavy (non-hydrogen) atoms. The summed E-state index contributed by atoms with van der Waals surface area (Å²) in [5.74, 6) is 1.53. The average Bonchev–Trinajstić information content (AvgIpc) is 2.54. The Bertz CT molecular complexity index is 511. The standard InChI is InChI=1S/C18H28N2O2S/c1-3-11-23(22)12-5-10-20(4-2)15-18(21)13-16-6-8-17(14-19)9-7-16/h6-9,18,21H,3-5,10-13,15H2,1-2H3. The van der Waals surface area contributed by atoms with Gasteiger partial charge < -0.3 is 10.0 Å². The molecule has 1 aromatic carbocycles. The minimum absolute atomic E-state index is 0.427. The van der Waals surface area contributed by atoms with Crippen LogP contribution in [-0.4, -0.2) is 51.5 Å². The van der Waals surface area contributed by atoms with E-state index in [0.717, 1.165) is 43.0 Å². The van der Waals surface area contributed by atoms with E-state index in [0.29, 0.717) is 18.5 Å². The van der Waals surface area contributed by atoms with Crippen molar-refractivity contribution < 1.29 is 9.32 Å². The second kappa shape index (κ2) is 11.3. The van der Waals surface area contributed by atoms with Gasteiger partial charge in [-0.3, -0.25) is 4.21 Å². The molecule has 2 unspecified atom stereocenters. The lowest BCUT2D eigenvalue weighted by Gasteiger charge is -2.23. The average molecular weight is 337 g/mol. The first-order valence-corrected chi connectivity index (χ1v) is 9.82. The van der Waals surface area contributed by atoms with Crippen LogP contribution >= 0.6 is 0 Å². The molecule has 0 radical (unpaired) electrons. The van der Waals surface area contributed by atoms with Gasteiger partial charge in [0, 0.05) is 28.9 Å². The van der Waals surface area contributed by atoms with Gasteiger partial charge in [0.25, 0.3) is 0 Å². The molecule has 1 N–H and O–H groups in total. The topological polar surface area (TPSA) is 64.3 Å². The van der Waals surface area contributed by atoms with Crippen molar-refractivity contribution in [3.8, 4) is 6.07 Å². The Kier molecular flexibility index (Phi) is 9.77. The Morgan fingerprint density at radius 2 is 1.96 bits per heavy atom. The molecule has 0 bridgehead atoms. The zero-order valence-electron chi connectivity index (χ0n) is 14.2. The normalized spacial score (nSPS) is 13.7. The SMILES string of the molecule is CCCS(=O)CCCN(CC)CC(O)Cc1ccc(C#N)cc1. The van der Waals surface area contributed by atoms with E-state index in [1.54, 1.807) is 12.1 Å². The zero-order valence-corrected chi connectivity index (χ0v) is 15.0. The van der Waals surface area contributed by atoms with Gasteiger partial charge in [-0.15, -0.1) is 0 Å². The Balaban J connectivity index is 2.35. The van der Waals surface area contributed by atoms with E-state index in [2.05, 4.69) is 24.8 Å². The van der Waals surface area contributed by atoms with Crippen molar-refractivity contribution in [1.82, 2.24) is 4.90 Å². The lowest BCUT2D eigenvalue weighted by molar-refractivity contribution is 0.115. The fraction of sp³-hybridized carbons (Fsp3) is 0.611. The van der Waals surface area contributed by atoms with Crippen LogP contribution in [0.1, 0.15) is 37.8 Å². The van der Waals surface area contributed by atoms with Crippen molar-refractivity contribution in [1.29, 1.82) is 5.26 Å². The fourth-order valence-electron chi connectivity index (χ4n) is 2.51.